The first kappa shape index (κ1) is 19.1. The van der Waals surface area contributed by atoms with Gasteiger partial charge in [0.25, 0.3) is 0 Å². The lowest BCUT2D eigenvalue weighted by atomic mass is 9.99. The fourth-order valence-corrected chi connectivity index (χ4v) is 3.28. The molecule has 5 heteroatoms. The van der Waals surface area contributed by atoms with Crippen LogP contribution in [-0.4, -0.2) is 32.1 Å². The molecule has 0 aliphatic carbocycles. The Labute approximate surface area is 161 Å². The third-order valence-corrected chi connectivity index (χ3v) is 5.15. The summed E-state index contributed by atoms with van der Waals surface area (Å²) >= 11 is 0. The molecular formula is C22H29N3O2. The van der Waals surface area contributed by atoms with Gasteiger partial charge in [0.2, 0.25) is 5.91 Å². The lowest BCUT2D eigenvalue weighted by molar-refractivity contribution is -0.116. The van der Waals surface area contributed by atoms with E-state index in [2.05, 4.69) is 34.6 Å². The summed E-state index contributed by atoms with van der Waals surface area (Å²) in [5.74, 6) is 1.52. The number of piperidine rings is 1. The van der Waals surface area contributed by atoms with Crippen molar-refractivity contribution in [2.24, 2.45) is 5.92 Å². The first-order valence-electron chi connectivity index (χ1n) is 9.61. The molecule has 1 aliphatic rings. The van der Waals surface area contributed by atoms with Gasteiger partial charge in [-0.2, -0.15) is 0 Å². The number of nitrogens with zero attached hydrogens (tertiary/aromatic N) is 1. The van der Waals surface area contributed by atoms with Crippen LogP contribution in [0.1, 0.15) is 26.7 Å². The minimum atomic E-state index is -0.339. The fourth-order valence-electron chi connectivity index (χ4n) is 3.28. The maximum Gasteiger partial charge on any atom is 0.246 e. The average Bonchev–Trinajstić information content (AvgIpc) is 2.70. The van der Waals surface area contributed by atoms with Gasteiger partial charge in [-0.25, -0.2) is 0 Å². The second-order valence-electron chi connectivity index (χ2n) is 7.30. The van der Waals surface area contributed by atoms with Crippen LogP contribution in [0, 0.1) is 5.92 Å². The monoisotopic (exact) mass is 367 g/mol. The molecule has 1 saturated heterocycles. The third-order valence-electron chi connectivity index (χ3n) is 5.15. The molecule has 0 bridgehead atoms. The zero-order chi connectivity index (χ0) is 19.2. The molecule has 1 fully saturated rings. The van der Waals surface area contributed by atoms with E-state index >= 15 is 0 Å². The molecule has 1 amide bonds. The molecule has 0 saturated carbocycles. The smallest absolute Gasteiger partial charge is 0.246 e. The first-order chi connectivity index (χ1) is 13.0. The zero-order valence-electron chi connectivity index (χ0n) is 16.4. The summed E-state index contributed by atoms with van der Waals surface area (Å²) in [7, 11) is 1.62. The van der Waals surface area contributed by atoms with Crippen LogP contribution >= 0.6 is 0 Å². The molecule has 0 spiro atoms. The normalized spacial score (nSPS) is 15.9. The molecule has 0 radical (unpaired) electrons. The van der Waals surface area contributed by atoms with E-state index in [-0.39, 0.29) is 11.9 Å². The number of anilines is 3. The Morgan fingerprint density at radius 3 is 2.22 bits per heavy atom. The largest absolute Gasteiger partial charge is 0.497 e. The zero-order valence-corrected chi connectivity index (χ0v) is 16.4. The number of carbonyl (C=O) groups is 1. The summed E-state index contributed by atoms with van der Waals surface area (Å²) < 4.78 is 5.13. The number of amides is 1. The summed E-state index contributed by atoms with van der Waals surface area (Å²) in [6, 6.07) is 15.3. The highest BCUT2D eigenvalue weighted by Crippen LogP contribution is 2.24. The number of nitrogens with one attached hydrogen (secondary N) is 2. The van der Waals surface area contributed by atoms with Gasteiger partial charge < -0.3 is 20.3 Å². The van der Waals surface area contributed by atoms with Gasteiger partial charge in [0, 0.05) is 30.2 Å². The van der Waals surface area contributed by atoms with Crippen LogP contribution in [0.5, 0.6) is 5.75 Å². The van der Waals surface area contributed by atoms with Crippen LogP contribution in [0.2, 0.25) is 0 Å². The van der Waals surface area contributed by atoms with Gasteiger partial charge in [0.05, 0.1) is 7.11 Å². The van der Waals surface area contributed by atoms with Crippen molar-refractivity contribution >= 4 is 23.0 Å². The minimum Gasteiger partial charge on any atom is -0.497 e. The van der Waals surface area contributed by atoms with E-state index in [9.17, 15) is 4.79 Å². The minimum absolute atomic E-state index is 0.0748. The summed E-state index contributed by atoms with van der Waals surface area (Å²) in [6.07, 6.45) is 2.51. The molecule has 1 aliphatic heterocycles. The predicted octanol–water partition coefficient (Wildman–Crippen LogP) is 4.37. The van der Waals surface area contributed by atoms with Crippen LogP contribution in [0.3, 0.4) is 0 Å². The van der Waals surface area contributed by atoms with Gasteiger partial charge in [-0.05, 0) is 74.2 Å². The molecule has 1 heterocycles. The molecule has 2 aromatic carbocycles. The predicted molar refractivity (Wildman–Crippen MR) is 112 cm³/mol. The maximum atomic E-state index is 12.4. The van der Waals surface area contributed by atoms with Gasteiger partial charge in [0.15, 0.2) is 0 Å². The van der Waals surface area contributed by atoms with Crippen LogP contribution in [0.15, 0.2) is 48.5 Å². The Morgan fingerprint density at radius 2 is 1.63 bits per heavy atom. The summed E-state index contributed by atoms with van der Waals surface area (Å²) in [4.78, 5) is 14.8. The second kappa shape index (κ2) is 8.80. The molecule has 0 aromatic heterocycles. The van der Waals surface area contributed by atoms with Crippen LogP contribution in [0.4, 0.5) is 17.1 Å². The highest BCUT2D eigenvalue weighted by atomic mass is 16.5. The Morgan fingerprint density at radius 1 is 1.04 bits per heavy atom. The number of rotatable bonds is 6. The summed E-state index contributed by atoms with van der Waals surface area (Å²) in [5, 5.41) is 6.18. The molecule has 1 unspecified atom stereocenters. The van der Waals surface area contributed by atoms with E-state index in [1.807, 2.05) is 43.3 Å². The van der Waals surface area contributed by atoms with Crippen molar-refractivity contribution < 1.29 is 9.53 Å². The summed E-state index contributed by atoms with van der Waals surface area (Å²) in [6.45, 7) is 6.42. The topological polar surface area (TPSA) is 53.6 Å². The quantitative estimate of drug-likeness (QED) is 0.796. The Bertz CT molecular complexity index is 735. The Kier molecular flexibility index (Phi) is 6.22. The Hall–Kier alpha value is -2.69. The number of methoxy groups -OCH3 is 1. The van der Waals surface area contributed by atoms with Gasteiger partial charge in [-0.3, -0.25) is 4.79 Å². The van der Waals surface area contributed by atoms with Gasteiger partial charge in [-0.1, -0.05) is 6.92 Å². The molecule has 2 N–H and O–H groups in total. The van der Waals surface area contributed by atoms with Crippen molar-refractivity contribution in [3.8, 4) is 5.75 Å². The fraction of sp³-hybridized carbons (Fsp3) is 0.409. The number of hydrogen-bond acceptors (Lipinski definition) is 4. The first-order valence-corrected chi connectivity index (χ1v) is 9.61. The van der Waals surface area contributed by atoms with E-state index in [1.54, 1.807) is 7.11 Å². The van der Waals surface area contributed by atoms with E-state index in [1.165, 1.54) is 18.5 Å². The molecule has 144 valence electrons. The Balaban J connectivity index is 1.53. The van der Waals surface area contributed by atoms with E-state index in [0.29, 0.717) is 0 Å². The standard InChI is InChI=1S/C22H29N3O2/c1-16-12-14-25(15-13-16)20-8-4-18(5-9-20)23-17(2)22(26)24-19-6-10-21(27-3)11-7-19/h4-11,16-17,23H,12-15H2,1-3H3,(H,24,26). The summed E-state index contributed by atoms with van der Waals surface area (Å²) in [5.41, 5.74) is 2.95. The SMILES string of the molecule is COc1ccc(NC(=O)C(C)Nc2ccc(N3CCC(C)CC3)cc2)cc1. The van der Waals surface area contributed by atoms with Crippen molar-refractivity contribution in [3.05, 3.63) is 48.5 Å². The van der Waals surface area contributed by atoms with Crippen LogP contribution < -0.4 is 20.3 Å². The molecular weight excluding hydrogens is 338 g/mol. The maximum absolute atomic E-state index is 12.4. The molecule has 1 atom stereocenters. The van der Waals surface area contributed by atoms with E-state index in [4.69, 9.17) is 4.74 Å². The van der Waals surface area contributed by atoms with Crippen LogP contribution in [0.25, 0.3) is 0 Å². The van der Waals surface area contributed by atoms with Gasteiger partial charge in [-0.15, -0.1) is 0 Å². The van der Waals surface area contributed by atoms with Crippen molar-refractivity contribution in [1.82, 2.24) is 0 Å². The van der Waals surface area contributed by atoms with E-state index < -0.39 is 0 Å². The number of ether oxygens (including phenoxy) is 1. The average molecular weight is 367 g/mol. The molecule has 2 aromatic rings. The number of hydrogen-bond donors (Lipinski definition) is 2. The van der Waals surface area contributed by atoms with Gasteiger partial charge in [0.1, 0.15) is 11.8 Å². The lowest BCUT2D eigenvalue weighted by Gasteiger charge is -2.32. The molecule has 3 rings (SSSR count). The number of benzene rings is 2. The second-order valence-corrected chi connectivity index (χ2v) is 7.30. The highest BCUT2D eigenvalue weighted by Gasteiger charge is 2.16. The van der Waals surface area contributed by atoms with Crippen molar-refractivity contribution in [2.45, 2.75) is 32.7 Å². The van der Waals surface area contributed by atoms with Crippen molar-refractivity contribution in [1.29, 1.82) is 0 Å². The van der Waals surface area contributed by atoms with Crippen molar-refractivity contribution in [3.63, 3.8) is 0 Å². The van der Waals surface area contributed by atoms with Gasteiger partial charge >= 0.3 is 0 Å². The van der Waals surface area contributed by atoms with E-state index in [0.717, 1.165) is 36.1 Å². The highest BCUT2D eigenvalue weighted by molar-refractivity contribution is 5.96. The number of carbonyl (C=O) groups excluding carboxylic acids is 1. The molecule has 5 nitrogen and oxygen atoms in total. The third kappa shape index (κ3) is 5.16. The van der Waals surface area contributed by atoms with Crippen LogP contribution in [-0.2, 0) is 4.79 Å². The lowest BCUT2D eigenvalue weighted by Crippen LogP contribution is -2.33. The molecule has 27 heavy (non-hydrogen) atoms. The van der Waals surface area contributed by atoms with Crippen molar-refractivity contribution in [2.75, 3.05) is 35.7 Å².